The van der Waals surface area contributed by atoms with Crippen LogP contribution in [0.3, 0.4) is 0 Å². The van der Waals surface area contributed by atoms with Crippen LogP contribution in [0.15, 0.2) is 12.3 Å². The van der Waals surface area contributed by atoms with E-state index in [2.05, 4.69) is 29.2 Å². The Labute approximate surface area is 116 Å². The lowest BCUT2D eigenvalue weighted by atomic mass is 9.71. The van der Waals surface area contributed by atoms with Crippen LogP contribution in [0.5, 0.6) is 0 Å². The molecule has 19 heavy (non-hydrogen) atoms. The van der Waals surface area contributed by atoms with Gasteiger partial charge in [-0.1, -0.05) is 19.8 Å². The molecule has 0 aliphatic heterocycles. The minimum Gasteiger partial charge on any atom is -0.317 e. The van der Waals surface area contributed by atoms with Gasteiger partial charge in [0.05, 0.1) is 11.7 Å². The van der Waals surface area contributed by atoms with Gasteiger partial charge >= 0.3 is 0 Å². The lowest BCUT2D eigenvalue weighted by molar-refractivity contribution is 0.170. The molecule has 2 unspecified atom stereocenters. The highest BCUT2D eigenvalue weighted by molar-refractivity contribution is 5.03. The van der Waals surface area contributed by atoms with Crippen LogP contribution in [0.2, 0.25) is 0 Å². The number of nitrogens with one attached hydrogen (secondary N) is 1. The average Bonchev–Trinajstić information content (AvgIpc) is 3.06. The molecule has 1 aromatic rings. The molecule has 2 fully saturated rings. The Morgan fingerprint density at radius 3 is 2.68 bits per heavy atom. The molecule has 2 aliphatic rings. The van der Waals surface area contributed by atoms with Crippen LogP contribution in [-0.4, -0.2) is 22.9 Å². The van der Waals surface area contributed by atoms with Gasteiger partial charge in [0.1, 0.15) is 0 Å². The molecule has 3 nitrogen and oxygen atoms in total. The number of nitrogens with zero attached hydrogens (tertiary/aromatic N) is 2. The zero-order chi connectivity index (χ0) is 13.1. The smallest absolute Gasteiger partial charge is 0.0627 e. The van der Waals surface area contributed by atoms with Crippen molar-refractivity contribution >= 4 is 0 Å². The quantitative estimate of drug-likeness (QED) is 0.852. The molecule has 3 heteroatoms. The standard InChI is InChI=1S/C16H27N3/c1-2-17-12-14-8-7-13(14)11-15-9-10-19(18-15)16-5-3-4-6-16/h9-10,13-14,16-17H,2-8,11-12H2,1H3. The highest BCUT2D eigenvalue weighted by Gasteiger charge is 2.30. The highest BCUT2D eigenvalue weighted by atomic mass is 15.3. The van der Waals surface area contributed by atoms with Gasteiger partial charge in [0.15, 0.2) is 0 Å². The molecule has 0 radical (unpaired) electrons. The molecular formula is C16H27N3. The first-order chi connectivity index (χ1) is 9.36. The fraction of sp³-hybridized carbons (Fsp3) is 0.812. The second kappa shape index (κ2) is 6.08. The molecule has 0 aromatic carbocycles. The largest absolute Gasteiger partial charge is 0.317 e. The van der Waals surface area contributed by atoms with Crippen molar-refractivity contribution < 1.29 is 0 Å². The molecule has 0 amide bonds. The Hall–Kier alpha value is -0.830. The maximum absolute atomic E-state index is 4.83. The van der Waals surface area contributed by atoms with Gasteiger partial charge in [-0.3, -0.25) is 4.68 Å². The molecule has 0 spiro atoms. The second-order valence-electron chi connectivity index (χ2n) is 6.33. The molecule has 1 N–H and O–H groups in total. The lowest BCUT2D eigenvalue weighted by Crippen LogP contribution is -2.36. The number of rotatable bonds is 6. The van der Waals surface area contributed by atoms with Crippen LogP contribution in [0.1, 0.15) is 57.2 Å². The van der Waals surface area contributed by atoms with Crippen LogP contribution in [0, 0.1) is 11.8 Å². The fourth-order valence-corrected chi connectivity index (χ4v) is 3.63. The third kappa shape index (κ3) is 3.02. The van der Waals surface area contributed by atoms with Crippen molar-refractivity contribution in [3.05, 3.63) is 18.0 Å². The summed E-state index contributed by atoms with van der Waals surface area (Å²) < 4.78 is 2.24. The van der Waals surface area contributed by atoms with E-state index in [1.807, 2.05) is 0 Å². The third-order valence-corrected chi connectivity index (χ3v) is 5.07. The van der Waals surface area contributed by atoms with Gasteiger partial charge in [-0.25, -0.2) is 0 Å². The summed E-state index contributed by atoms with van der Waals surface area (Å²) in [6.45, 7) is 4.49. The van der Waals surface area contributed by atoms with Gasteiger partial charge < -0.3 is 5.32 Å². The predicted molar refractivity (Wildman–Crippen MR) is 78.2 cm³/mol. The summed E-state index contributed by atoms with van der Waals surface area (Å²) in [7, 11) is 0. The molecule has 1 heterocycles. The van der Waals surface area contributed by atoms with Crippen molar-refractivity contribution in [2.75, 3.05) is 13.1 Å². The predicted octanol–water partition coefficient (Wildman–Crippen LogP) is 3.18. The molecule has 3 rings (SSSR count). The number of hydrogen-bond acceptors (Lipinski definition) is 2. The van der Waals surface area contributed by atoms with Crippen LogP contribution in [0.25, 0.3) is 0 Å². The molecule has 0 bridgehead atoms. The number of hydrogen-bond donors (Lipinski definition) is 1. The van der Waals surface area contributed by atoms with Crippen molar-refractivity contribution in [3.8, 4) is 0 Å². The Morgan fingerprint density at radius 1 is 1.21 bits per heavy atom. The maximum atomic E-state index is 4.83. The summed E-state index contributed by atoms with van der Waals surface area (Å²) in [5.41, 5.74) is 1.32. The van der Waals surface area contributed by atoms with E-state index in [4.69, 9.17) is 5.10 Å². The van der Waals surface area contributed by atoms with Crippen molar-refractivity contribution in [1.29, 1.82) is 0 Å². The minimum atomic E-state index is 0.688. The van der Waals surface area contributed by atoms with Crippen molar-refractivity contribution in [2.45, 2.75) is 57.9 Å². The van der Waals surface area contributed by atoms with E-state index in [9.17, 15) is 0 Å². The summed E-state index contributed by atoms with van der Waals surface area (Å²) in [6.07, 6.45) is 11.6. The van der Waals surface area contributed by atoms with Crippen molar-refractivity contribution in [1.82, 2.24) is 15.1 Å². The molecule has 2 saturated carbocycles. The second-order valence-corrected chi connectivity index (χ2v) is 6.33. The highest BCUT2D eigenvalue weighted by Crippen LogP contribution is 2.36. The van der Waals surface area contributed by atoms with Gasteiger partial charge in [-0.05, 0) is 63.1 Å². The van der Waals surface area contributed by atoms with Crippen LogP contribution in [-0.2, 0) is 6.42 Å². The fourth-order valence-electron chi connectivity index (χ4n) is 3.63. The molecule has 1 aromatic heterocycles. The molecular weight excluding hydrogens is 234 g/mol. The summed E-state index contributed by atoms with van der Waals surface area (Å²) in [5.74, 6) is 1.75. The van der Waals surface area contributed by atoms with E-state index >= 15 is 0 Å². The summed E-state index contributed by atoms with van der Waals surface area (Å²) in [4.78, 5) is 0. The van der Waals surface area contributed by atoms with E-state index < -0.39 is 0 Å². The van der Waals surface area contributed by atoms with Gasteiger partial charge in [0.2, 0.25) is 0 Å². The van der Waals surface area contributed by atoms with Crippen LogP contribution in [0.4, 0.5) is 0 Å². The van der Waals surface area contributed by atoms with Gasteiger partial charge in [-0.15, -0.1) is 0 Å². The minimum absolute atomic E-state index is 0.688. The topological polar surface area (TPSA) is 29.9 Å². The van der Waals surface area contributed by atoms with E-state index in [0.717, 1.165) is 18.4 Å². The normalized spacial score (nSPS) is 27.6. The average molecular weight is 261 g/mol. The molecule has 106 valence electrons. The van der Waals surface area contributed by atoms with Gasteiger partial charge in [-0.2, -0.15) is 5.10 Å². The van der Waals surface area contributed by atoms with E-state index in [0.29, 0.717) is 6.04 Å². The number of aromatic nitrogens is 2. The van der Waals surface area contributed by atoms with E-state index in [-0.39, 0.29) is 0 Å². The summed E-state index contributed by atoms with van der Waals surface area (Å²) in [5, 5.41) is 8.32. The Kier molecular flexibility index (Phi) is 4.21. The van der Waals surface area contributed by atoms with Crippen molar-refractivity contribution in [2.24, 2.45) is 11.8 Å². The van der Waals surface area contributed by atoms with Gasteiger partial charge in [0.25, 0.3) is 0 Å². The molecule has 2 atom stereocenters. The van der Waals surface area contributed by atoms with E-state index in [1.165, 1.54) is 57.2 Å². The van der Waals surface area contributed by atoms with Crippen LogP contribution >= 0.6 is 0 Å². The molecule has 2 aliphatic carbocycles. The zero-order valence-corrected chi connectivity index (χ0v) is 12.1. The van der Waals surface area contributed by atoms with Gasteiger partial charge in [0, 0.05) is 6.20 Å². The van der Waals surface area contributed by atoms with Crippen LogP contribution < -0.4 is 5.32 Å². The first-order valence-electron chi connectivity index (χ1n) is 8.11. The third-order valence-electron chi connectivity index (χ3n) is 5.07. The van der Waals surface area contributed by atoms with Crippen molar-refractivity contribution in [3.63, 3.8) is 0 Å². The Balaban J connectivity index is 1.52. The Morgan fingerprint density at radius 2 is 2.00 bits per heavy atom. The van der Waals surface area contributed by atoms with E-state index in [1.54, 1.807) is 0 Å². The Bertz CT molecular complexity index is 392. The molecule has 0 saturated heterocycles. The summed E-state index contributed by atoms with van der Waals surface area (Å²) in [6, 6.07) is 2.94. The monoisotopic (exact) mass is 261 g/mol. The zero-order valence-electron chi connectivity index (χ0n) is 12.1. The maximum Gasteiger partial charge on any atom is 0.0627 e. The first kappa shape index (κ1) is 13.2. The summed E-state index contributed by atoms with van der Waals surface area (Å²) >= 11 is 0. The lowest BCUT2D eigenvalue weighted by Gasteiger charge is -2.36. The first-order valence-corrected chi connectivity index (χ1v) is 8.11. The SMILES string of the molecule is CCNCC1CCC1Cc1ccn(C2CCCC2)n1.